The zero-order valence-corrected chi connectivity index (χ0v) is 18.5. The van der Waals surface area contributed by atoms with E-state index in [4.69, 9.17) is 14.2 Å². The number of alkyl halides is 3. The maximum Gasteiger partial charge on any atom is 0.435 e. The number of ether oxygens (including phenoxy) is 3. The molecule has 3 rings (SSSR count). The third kappa shape index (κ3) is 5.63. The van der Waals surface area contributed by atoms with E-state index in [0.717, 1.165) is 24.3 Å². The van der Waals surface area contributed by atoms with Crippen molar-refractivity contribution in [3.05, 3.63) is 65.2 Å². The van der Waals surface area contributed by atoms with Gasteiger partial charge >= 0.3 is 6.18 Å². The van der Waals surface area contributed by atoms with Crippen LogP contribution in [0.5, 0.6) is 11.5 Å². The first-order valence-corrected chi connectivity index (χ1v) is 10.0. The van der Waals surface area contributed by atoms with Crippen molar-refractivity contribution >= 4 is 5.91 Å². The molecule has 0 radical (unpaired) electrons. The van der Waals surface area contributed by atoms with E-state index in [1.54, 1.807) is 25.1 Å². The van der Waals surface area contributed by atoms with E-state index in [0.29, 0.717) is 35.0 Å². The molecule has 0 spiro atoms. The van der Waals surface area contributed by atoms with E-state index < -0.39 is 35.3 Å². The van der Waals surface area contributed by atoms with Crippen LogP contribution in [0, 0.1) is 5.82 Å². The van der Waals surface area contributed by atoms with E-state index in [9.17, 15) is 22.4 Å². The lowest BCUT2D eigenvalue weighted by molar-refractivity contribution is -0.143. The molecule has 0 saturated carbocycles. The Morgan fingerprint density at radius 1 is 1.09 bits per heavy atom. The van der Waals surface area contributed by atoms with Crippen molar-refractivity contribution < 1.29 is 36.6 Å². The molecule has 0 fully saturated rings. The van der Waals surface area contributed by atoms with E-state index in [2.05, 4.69) is 15.6 Å². The average molecular weight is 482 g/mol. The Labute approximate surface area is 192 Å². The second-order valence-electron chi connectivity index (χ2n) is 7.12. The fraction of sp³-hybridized carbons (Fsp3) is 0.318. The Hall–Kier alpha value is -3.67. The number of hydrogen-bond acceptors (Lipinski definition) is 6. The summed E-state index contributed by atoms with van der Waals surface area (Å²) in [5, 5.41) is 9.41. The Morgan fingerprint density at radius 2 is 1.79 bits per heavy atom. The highest BCUT2D eigenvalue weighted by molar-refractivity contribution is 5.93. The molecular formula is C22H22F4N4O4. The first-order chi connectivity index (χ1) is 16.2. The van der Waals surface area contributed by atoms with Crippen molar-refractivity contribution in [1.82, 2.24) is 20.3 Å². The highest BCUT2D eigenvalue weighted by Crippen LogP contribution is 2.34. The van der Waals surface area contributed by atoms with Crippen molar-refractivity contribution in [1.29, 1.82) is 0 Å². The van der Waals surface area contributed by atoms with Crippen LogP contribution < -0.4 is 14.8 Å². The molecule has 1 atom stereocenters. The largest absolute Gasteiger partial charge is 0.493 e. The number of halogens is 4. The van der Waals surface area contributed by atoms with Gasteiger partial charge in [-0.2, -0.15) is 13.2 Å². The summed E-state index contributed by atoms with van der Waals surface area (Å²) in [6.07, 6.45) is -4.95. The van der Waals surface area contributed by atoms with Crippen molar-refractivity contribution in [2.45, 2.75) is 19.1 Å². The van der Waals surface area contributed by atoms with Crippen molar-refractivity contribution in [2.75, 3.05) is 27.4 Å². The van der Waals surface area contributed by atoms with E-state index in [1.165, 1.54) is 14.2 Å². The minimum absolute atomic E-state index is 0.0953. The Morgan fingerprint density at radius 3 is 2.41 bits per heavy atom. The molecule has 0 bridgehead atoms. The van der Waals surface area contributed by atoms with Crippen LogP contribution in [0.25, 0.3) is 5.69 Å². The molecule has 34 heavy (non-hydrogen) atoms. The van der Waals surface area contributed by atoms with E-state index >= 15 is 0 Å². The first-order valence-electron chi connectivity index (χ1n) is 10.0. The highest BCUT2D eigenvalue weighted by atomic mass is 19.4. The number of nitrogens with zero attached hydrogens (tertiary/aromatic N) is 3. The Bertz CT molecular complexity index is 1130. The molecule has 1 heterocycles. The molecule has 0 saturated heterocycles. The van der Waals surface area contributed by atoms with Crippen LogP contribution in [0.2, 0.25) is 0 Å². The molecule has 1 N–H and O–H groups in total. The second kappa shape index (κ2) is 10.5. The van der Waals surface area contributed by atoms with Gasteiger partial charge in [-0.15, -0.1) is 5.10 Å². The molecule has 0 aliphatic rings. The molecule has 0 aliphatic carbocycles. The van der Waals surface area contributed by atoms with Gasteiger partial charge < -0.3 is 19.5 Å². The van der Waals surface area contributed by atoms with Gasteiger partial charge in [0.25, 0.3) is 5.91 Å². The number of methoxy groups -OCH3 is 2. The van der Waals surface area contributed by atoms with E-state index in [-0.39, 0.29) is 5.69 Å². The molecule has 0 aliphatic heterocycles. The zero-order valence-electron chi connectivity index (χ0n) is 18.5. The lowest BCUT2D eigenvalue weighted by Crippen LogP contribution is -2.29. The molecule has 8 nitrogen and oxygen atoms in total. The third-order valence-corrected chi connectivity index (χ3v) is 4.81. The molecular weight excluding hydrogens is 460 g/mol. The summed E-state index contributed by atoms with van der Waals surface area (Å²) in [5.41, 5.74) is -1.82. The number of rotatable bonds is 9. The second-order valence-corrected chi connectivity index (χ2v) is 7.12. The number of hydrogen-bond donors (Lipinski definition) is 1. The molecule has 3 aromatic rings. The van der Waals surface area contributed by atoms with Gasteiger partial charge in [-0.05, 0) is 48.9 Å². The predicted molar refractivity (Wildman–Crippen MR) is 113 cm³/mol. The van der Waals surface area contributed by atoms with Gasteiger partial charge in [0.1, 0.15) is 12.4 Å². The highest BCUT2D eigenvalue weighted by Gasteiger charge is 2.42. The summed E-state index contributed by atoms with van der Waals surface area (Å²) in [6, 6.07) is 8.34. The monoisotopic (exact) mass is 482 g/mol. The van der Waals surface area contributed by atoms with Crippen molar-refractivity contribution in [2.24, 2.45) is 0 Å². The van der Waals surface area contributed by atoms with Gasteiger partial charge in [0.2, 0.25) is 0 Å². The first kappa shape index (κ1) is 25.0. The Balaban J connectivity index is 1.84. The molecule has 182 valence electrons. The lowest BCUT2D eigenvalue weighted by Gasteiger charge is -2.17. The van der Waals surface area contributed by atoms with E-state index in [1.807, 2.05) is 0 Å². The van der Waals surface area contributed by atoms with Gasteiger partial charge in [0.15, 0.2) is 22.9 Å². The number of carbonyl (C=O) groups excluding carboxylic acids is 1. The standard InChI is InChI=1S/C22H22F4N4O4/c1-13(14-4-9-17(18(12-14)33-3)34-11-10-32-2)27-21(31)19-20(22(24,25)26)30(29-28-19)16-7-5-15(23)6-8-16/h4-9,12-13H,10-11H2,1-3H3,(H,27,31). The number of nitrogens with one attached hydrogen (secondary N) is 1. The molecule has 2 aromatic carbocycles. The minimum atomic E-state index is -4.95. The third-order valence-electron chi connectivity index (χ3n) is 4.81. The van der Waals surface area contributed by atoms with Crippen LogP contribution in [-0.2, 0) is 10.9 Å². The summed E-state index contributed by atoms with van der Waals surface area (Å²) in [4.78, 5) is 12.7. The van der Waals surface area contributed by atoms with Crippen LogP contribution >= 0.6 is 0 Å². The number of benzene rings is 2. The molecule has 12 heteroatoms. The average Bonchev–Trinajstić information content (AvgIpc) is 3.26. The van der Waals surface area contributed by atoms with Gasteiger partial charge in [-0.3, -0.25) is 4.79 Å². The SMILES string of the molecule is COCCOc1ccc(C(C)NC(=O)c2nnn(-c3ccc(F)cc3)c2C(F)(F)F)cc1OC. The van der Waals surface area contributed by atoms with Crippen LogP contribution in [0.3, 0.4) is 0 Å². The van der Waals surface area contributed by atoms with Crippen LogP contribution in [0.15, 0.2) is 42.5 Å². The topological polar surface area (TPSA) is 87.5 Å². The summed E-state index contributed by atoms with van der Waals surface area (Å²) >= 11 is 0. The molecule has 1 amide bonds. The molecule has 1 aromatic heterocycles. The predicted octanol–water partition coefficient (Wildman–Crippen LogP) is 3.95. The maximum absolute atomic E-state index is 13.8. The van der Waals surface area contributed by atoms with Gasteiger partial charge in [-0.25, -0.2) is 9.07 Å². The summed E-state index contributed by atoms with van der Waals surface area (Å²) < 4.78 is 70.8. The van der Waals surface area contributed by atoms with Crippen LogP contribution in [0.1, 0.15) is 34.7 Å². The van der Waals surface area contributed by atoms with Crippen molar-refractivity contribution in [3.63, 3.8) is 0 Å². The van der Waals surface area contributed by atoms with Gasteiger partial charge in [0, 0.05) is 7.11 Å². The van der Waals surface area contributed by atoms with Crippen LogP contribution in [-0.4, -0.2) is 48.3 Å². The van der Waals surface area contributed by atoms with Crippen molar-refractivity contribution in [3.8, 4) is 17.2 Å². The normalized spacial score (nSPS) is 12.3. The number of amides is 1. The fourth-order valence-electron chi connectivity index (χ4n) is 3.11. The number of carbonyl (C=O) groups is 1. The smallest absolute Gasteiger partial charge is 0.435 e. The quantitative estimate of drug-likeness (QED) is 0.367. The van der Waals surface area contributed by atoms with Crippen LogP contribution in [0.4, 0.5) is 17.6 Å². The minimum Gasteiger partial charge on any atom is -0.493 e. The van der Waals surface area contributed by atoms with Gasteiger partial charge in [0.05, 0.1) is 25.4 Å². The lowest BCUT2D eigenvalue weighted by atomic mass is 10.1. The molecule has 1 unspecified atom stereocenters. The summed E-state index contributed by atoms with van der Waals surface area (Å²) in [6.45, 7) is 2.26. The zero-order chi connectivity index (χ0) is 24.9. The summed E-state index contributed by atoms with van der Waals surface area (Å²) in [5.74, 6) is -0.876. The fourth-order valence-corrected chi connectivity index (χ4v) is 3.11. The Kier molecular flexibility index (Phi) is 7.72. The maximum atomic E-state index is 13.8. The number of aromatic nitrogens is 3. The van der Waals surface area contributed by atoms with Gasteiger partial charge in [-0.1, -0.05) is 11.3 Å². The summed E-state index contributed by atoms with van der Waals surface area (Å²) in [7, 11) is 2.98.